The van der Waals surface area contributed by atoms with Crippen LogP contribution in [0.1, 0.15) is 29.0 Å². The molecule has 3 heterocycles. The van der Waals surface area contributed by atoms with Crippen molar-refractivity contribution >= 4 is 11.8 Å². The Hall–Kier alpha value is -4.38. The van der Waals surface area contributed by atoms with E-state index in [9.17, 15) is 13.6 Å². The first-order chi connectivity index (χ1) is 19.9. The number of ether oxygens (including phenoxy) is 1. The Morgan fingerprint density at radius 3 is 2.56 bits per heavy atom. The number of rotatable bonds is 7. The van der Waals surface area contributed by atoms with Gasteiger partial charge in [0, 0.05) is 42.0 Å². The zero-order valence-electron chi connectivity index (χ0n) is 22.8. The third kappa shape index (κ3) is 5.24. The lowest BCUT2D eigenvalue weighted by Crippen LogP contribution is -2.43. The number of halogens is 2. The van der Waals surface area contributed by atoms with Crippen LogP contribution in [0, 0.1) is 6.92 Å². The van der Waals surface area contributed by atoms with Crippen LogP contribution < -0.4 is 15.4 Å². The van der Waals surface area contributed by atoms with E-state index < -0.39 is 12.5 Å². The molecule has 0 spiro atoms. The Morgan fingerprint density at radius 1 is 1.10 bits per heavy atom. The fourth-order valence-electron chi connectivity index (χ4n) is 6.22. The van der Waals surface area contributed by atoms with E-state index in [1.54, 1.807) is 17.1 Å². The molecular formula is C30H31F2N7O2. The summed E-state index contributed by atoms with van der Waals surface area (Å²) in [6, 6.07) is 17.0. The van der Waals surface area contributed by atoms with E-state index in [4.69, 9.17) is 9.84 Å². The Balaban J connectivity index is 1.30. The predicted molar refractivity (Wildman–Crippen MR) is 151 cm³/mol. The highest BCUT2D eigenvalue weighted by atomic mass is 19.3. The maximum Gasteiger partial charge on any atom is 0.320 e. The molecule has 11 heteroatoms. The predicted octanol–water partition coefficient (Wildman–Crippen LogP) is 4.82. The van der Waals surface area contributed by atoms with Gasteiger partial charge in [-0.3, -0.25) is 10.2 Å². The number of nitrogens with zero attached hydrogens (tertiary/aromatic N) is 5. The lowest BCUT2D eigenvalue weighted by atomic mass is 9.78. The number of likely N-dealkylation sites (tertiary alicyclic amines) is 1. The normalized spacial score (nSPS) is 20.0. The number of nitrogens with one attached hydrogen (secondary N) is 2. The highest BCUT2D eigenvalue weighted by Crippen LogP contribution is 2.42. The van der Waals surface area contributed by atoms with E-state index in [2.05, 4.69) is 32.7 Å². The maximum absolute atomic E-state index is 13.6. The molecule has 1 fully saturated rings. The van der Waals surface area contributed by atoms with Gasteiger partial charge in [0.2, 0.25) is 0 Å². The lowest BCUT2D eigenvalue weighted by Gasteiger charge is -2.34. The number of fused-ring (bicyclic) bond motifs is 3. The Labute approximate surface area is 236 Å². The SMILES string of the molecule is COc1ncc(-c2nn(-c3ccccc3)c(NC(=O)NC3CN(CC(F)F)[C@H]4CCc5ccccc5[C@@H]34)c2C)cn1. The van der Waals surface area contributed by atoms with Crippen LogP contribution >= 0.6 is 0 Å². The number of amides is 2. The molecule has 41 heavy (non-hydrogen) atoms. The number of hydrogen-bond acceptors (Lipinski definition) is 6. The van der Waals surface area contributed by atoms with E-state index in [1.165, 1.54) is 12.7 Å². The van der Waals surface area contributed by atoms with E-state index in [0.29, 0.717) is 23.6 Å². The van der Waals surface area contributed by atoms with Crippen LogP contribution in [0.5, 0.6) is 6.01 Å². The molecule has 1 saturated heterocycles. The number of carbonyl (C=O) groups is 1. The number of urea groups is 1. The number of anilines is 1. The van der Waals surface area contributed by atoms with Crippen molar-refractivity contribution in [2.45, 2.75) is 44.2 Å². The van der Waals surface area contributed by atoms with E-state index in [1.807, 2.05) is 54.3 Å². The lowest BCUT2D eigenvalue weighted by molar-refractivity contribution is 0.0772. The largest absolute Gasteiger partial charge is 0.467 e. The summed E-state index contributed by atoms with van der Waals surface area (Å²) in [5.41, 5.74) is 5.10. The summed E-state index contributed by atoms with van der Waals surface area (Å²) >= 11 is 0. The number of carbonyl (C=O) groups excluding carboxylic acids is 1. The Bertz CT molecular complexity index is 1530. The molecule has 212 valence electrons. The highest BCUT2D eigenvalue weighted by Gasteiger charge is 2.46. The van der Waals surface area contributed by atoms with Gasteiger partial charge in [0.15, 0.2) is 0 Å². The van der Waals surface area contributed by atoms with Crippen molar-refractivity contribution in [3.63, 3.8) is 0 Å². The van der Waals surface area contributed by atoms with Crippen molar-refractivity contribution < 1.29 is 18.3 Å². The first-order valence-corrected chi connectivity index (χ1v) is 13.6. The molecule has 0 bridgehead atoms. The summed E-state index contributed by atoms with van der Waals surface area (Å²) in [6.45, 7) is 1.91. The monoisotopic (exact) mass is 559 g/mol. The molecule has 9 nitrogen and oxygen atoms in total. The zero-order valence-corrected chi connectivity index (χ0v) is 22.8. The van der Waals surface area contributed by atoms with E-state index in [-0.39, 0.29) is 30.6 Å². The molecule has 2 aromatic heterocycles. The Kier molecular flexibility index (Phi) is 7.36. The second-order valence-electron chi connectivity index (χ2n) is 10.4. The fourth-order valence-corrected chi connectivity index (χ4v) is 6.22. The number of hydrogen-bond donors (Lipinski definition) is 2. The number of methoxy groups -OCH3 is 1. The second-order valence-corrected chi connectivity index (χ2v) is 10.4. The van der Waals surface area contributed by atoms with Crippen molar-refractivity contribution in [1.82, 2.24) is 30.0 Å². The van der Waals surface area contributed by atoms with Crippen molar-refractivity contribution in [2.75, 3.05) is 25.5 Å². The van der Waals surface area contributed by atoms with Crippen LogP contribution in [-0.2, 0) is 6.42 Å². The van der Waals surface area contributed by atoms with Crippen LogP contribution in [0.15, 0.2) is 67.0 Å². The van der Waals surface area contributed by atoms with Crippen LogP contribution in [0.3, 0.4) is 0 Å². The third-order valence-electron chi connectivity index (χ3n) is 8.00. The topological polar surface area (TPSA) is 97.2 Å². The van der Waals surface area contributed by atoms with Crippen LogP contribution in [0.2, 0.25) is 0 Å². The summed E-state index contributed by atoms with van der Waals surface area (Å²) < 4.78 is 33.7. The summed E-state index contributed by atoms with van der Waals surface area (Å²) in [6.07, 6.45) is 2.42. The molecule has 0 radical (unpaired) electrons. The van der Waals surface area contributed by atoms with Crippen molar-refractivity contribution in [2.24, 2.45) is 0 Å². The minimum Gasteiger partial charge on any atom is -0.467 e. The van der Waals surface area contributed by atoms with Gasteiger partial charge in [-0.2, -0.15) is 5.10 Å². The number of alkyl halides is 2. The fraction of sp³-hybridized carbons (Fsp3) is 0.333. The molecule has 1 aliphatic carbocycles. The summed E-state index contributed by atoms with van der Waals surface area (Å²) in [4.78, 5) is 23.8. The van der Waals surface area contributed by atoms with Crippen LogP contribution in [-0.4, -0.2) is 69.4 Å². The van der Waals surface area contributed by atoms with Gasteiger partial charge in [0.25, 0.3) is 6.43 Å². The zero-order chi connectivity index (χ0) is 28.5. The molecular weight excluding hydrogens is 528 g/mol. The van der Waals surface area contributed by atoms with Gasteiger partial charge in [-0.05, 0) is 43.0 Å². The van der Waals surface area contributed by atoms with Gasteiger partial charge < -0.3 is 10.1 Å². The Morgan fingerprint density at radius 2 is 1.83 bits per heavy atom. The molecule has 2 aromatic carbocycles. The molecule has 1 aliphatic heterocycles. The number of para-hydroxylation sites is 1. The maximum atomic E-state index is 13.6. The quantitative estimate of drug-likeness (QED) is 0.337. The van der Waals surface area contributed by atoms with Crippen LogP contribution in [0.25, 0.3) is 16.9 Å². The van der Waals surface area contributed by atoms with E-state index >= 15 is 0 Å². The molecule has 2 aliphatic rings. The van der Waals surface area contributed by atoms with E-state index in [0.717, 1.165) is 29.7 Å². The molecule has 0 saturated carbocycles. The molecule has 1 unspecified atom stereocenters. The minimum atomic E-state index is -2.44. The first kappa shape index (κ1) is 26.8. The standard InChI is InChI=1S/C30H31F2N7O2/c1-18-27(20-14-33-30(41-2)34-15-20)37-39(21-9-4-3-5-10-21)28(18)36-29(40)35-23-16-38(17-25(31)32)24-13-12-19-8-6-7-11-22(19)26(23)24/h3-11,14-15,23-26H,12-13,16-17H2,1-2H3,(H2,35,36,40)/t23?,24-,26-/m0/s1. The van der Waals surface area contributed by atoms with Crippen molar-refractivity contribution in [1.29, 1.82) is 0 Å². The summed E-state index contributed by atoms with van der Waals surface area (Å²) in [5.74, 6) is 0.416. The second kappa shape index (κ2) is 11.2. The van der Waals surface area contributed by atoms with Gasteiger partial charge in [-0.1, -0.05) is 42.5 Å². The van der Waals surface area contributed by atoms with Gasteiger partial charge in [0.05, 0.1) is 25.4 Å². The smallest absolute Gasteiger partial charge is 0.320 e. The van der Waals surface area contributed by atoms with Crippen molar-refractivity contribution in [3.8, 4) is 23.0 Å². The average Bonchev–Trinajstić information content (AvgIpc) is 3.50. The summed E-state index contributed by atoms with van der Waals surface area (Å²) in [7, 11) is 1.50. The average molecular weight is 560 g/mol. The molecule has 2 N–H and O–H groups in total. The molecule has 2 amide bonds. The van der Waals surface area contributed by atoms with Gasteiger partial charge in [-0.15, -0.1) is 0 Å². The van der Waals surface area contributed by atoms with Gasteiger partial charge in [0.1, 0.15) is 11.5 Å². The summed E-state index contributed by atoms with van der Waals surface area (Å²) in [5, 5.41) is 10.9. The highest BCUT2D eigenvalue weighted by molar-refractivity contribution is 5.91. The molecule has 6 rings (SSSR count). The number of aromatic nitrogens is 4. The van der Waals surface area contributed by atoms with Gasteiger partial charge in [-0.25, -0.2) is 28.2 Å². The minimum absolute atomic E-state index is 0.0533. The number of aryl methyl sites for hydroxylation is 1. The molecule has 4 aromatic rings. The van der Waals surface area contributed by atoms with Gasteiger partial charge >= 0.3 is 12.0 Å². The third-order valence-corrected chi connectivity index (χ3v) is 8.00. The van der Waals surface area contributed by atoms with Crippen LogP contribution in [0.4, 0.5) is 19.4 Å². The first-order valence-electron chi connectivity index (χ1n) is 13.6. The number of benzene rings is 2. The van der Waals surface area contributed by atoms with Crippen molar-refractivity contribution in [3.05, 3.63) is 83.7 Å². The molecule has 3 atom stereocenters.